The van der Waals surface area contributed by atoms with Crippen LogP contribution in [0.2, 0.25) is 0 Å². The molecule has 128 valence electrons. The zero-order chi connectivity index (χ0) is 17.2. The quantitative estimate of drug-likeness (QED) is 0.809. The summed E-state index contributed by atoms with van der Waals surface area (Å²) in [6.07, 6.45) is 3.60. The van der Waals surface area contributed by atoms with Crippen LogP contribution in [-0.2, 0) is 11.8 Å². The fourth-order valence-corrected chi connectivity index (χ4v) is 3.40. The van der Waals surface area contributed by atoms with Gasteiger partial charge in [0.2, 0.25) is 5.56 Å². The summed E-state index contributed by atoms with van der Waals surface area (Å²) in [5, 5.41) is 0. The van der Waals surface area contributed by atoms with Crippen LogP contribution >= 0.6 is 0 Å². The van der Waals surface area contributed by atoms with Crippen LogP contribution in [0.25, 0.3) is 0 Å². The van der Waals surface area contributed by atoms with E-state index in [2.05, 4.69) is 20.8 Å². The Kier molecular flexibility index (Phi) is 5.30. The molecule has 0 aromatic carbocycles. The molecule has 0 unspecified atom stereocenters. The minimum absolute atomic E-state index is 0.00419. The SMILES string of the molecule is CCCN(C(=O)c1ccc(=O)n(C)c1)[C@H]1C[C@@H](OCC)C1(C)C. The number of aryl methyl sites for hydroxylation is 1. The van der Waals surface area contributed by atoms with Crippen LogP contribution in [0, 0.1) is 5.41 Å². The van der Waals surface area contributed by atoms with Crippen LogP contribution in [0.15, 0.2) is 23.1 Å². The zero-order valence-electron chi connectivity index (χ0n) is 14.8. The third-order valence-corrected chi connectivity index (χ3v) is 4.93. The van der Waals surface area contributed by atoms with Crippen molar-refractivity contribution in [2.75, 3.05) is 13.2 Å². The number of nitrogens with zero attached hydrogens (tertiary/aromatic N) is 2. The molecule has 1 aromatic rings. The summed E-state index contributed by atoms with van der Waals surface area (Å²) in [6, 6.07) is 3.24. The van der Waals surface area contributed by atoms with Gasteiger partial charge >= 0.3 is 0 Å². The highest BCUT2D eigenvalue weighted by molar-refractivity contribution is 5.94. The number of rotatable bonds is 6. The Balaban J connectivity index is 2.23. The minimum atomic E-state index is -0.107. The molecule has 0 radical (unpaired) electrons. The Labute approximate surface area is 138 Å². The van der Waals surface area contributed by atoms with Gasteiger partial charge in [0.1, 0.15) is 0 Å². The first-order chi connectivity index (χ1) is 10.8. The van der Waals surface area contributed by atoms with Crippen molar-refractivity contribution in [3.63, 3.8) is 0 Å². The first-order valence-corrected chi connectivity index (χ1v) is 8.42. The molecule has 5 nitrogen and oxygen atoms in total. The van der Waals surface area contributed by atoms with Crippen molar-refractivity contribution in [1.29, 1.82) is 0 Å². The third-order valence-electron chi connectivity index (χ3n) is 4.93. The highest BCUT2D eigenvalue weighted by Gasteiger charge is 2.52. The summed E-state index contributed by atoms with van der Waals surface area (Å²) in [7, 11) is 1.67. The molecule has 0 N–H and O–H groups in total. The average Bonchev–Trinajstić information content (AvgIpc) is 2.51. The highest BCUT2D eigenvalue weighted by Crippen LogP contribution is 2.46. The monoisotopic (exact) mass is 320 g/mol. The summed E-state index contributed by atoms with van der Waals surface area (Å²) in [5.74, 6) is -0.00419. The minimum Gasteiger partial charge on any atom is -0.378 e. The summed E-state index contributed by atoms with van der Waals surface area (Å²) in [4.78, 5) is 26.4. The number of ether oxygens (including phenoxy) is 1. The highest BCUT2D eigenvalue weighted by atomic mass is 16.5. The number of amides is 1. The number of carbonyl (C=O) groups is 1. The molecule has 0 spiro atoms. The molecule has 0 aliphatic heterocycles. The molecule has 2 atom stereocenters. The number of hydrogen-bond donors (Lipinski definition) is 0. The number of hydrogen-bond acceptors (Lipinski definition) is 3. The third kappa shape index (κ3) is 3.34. The molecule has 1 saturated carbocycles. The second kappa shape index (κ2) is 6.87. The largest absolute Gasteiger partial charge is 0.378 e. The lowest BCUT2D eigenvalue weighted by atomic mass is 9.63. The Hall–Kier alpha value is -1.62. The standard InChI is InChI=1S/C18H28N2O3/c1-6-10-20(14-11-15(23-7-2)18(14,3)4)17(22)13-8-9-16(21)19(5)12-13/h8-9,12,14-15H,6-7,10-11H2,1-5H3/t14-,15+/m0/s1. The summed E-state index contributed by atoms with van der Waals surface area (Å²) in [5.41, 5.74) is 0.404. The van der Waals surface area contributed by atoms with Gasteiger partial charge in [-0.2, -0.15) is 0 Å². The van der Waals surface area contributed by atoms with Gasteiger partial charge in [-0.25, -0.2) is 0 Å². The van der Waals surface area contributed by atoms with Crippen LogP contribution in [-0.4, -0.2) is 40.7 Å². The molecule has 2 rings (SSSR count). The maximum atomic E-state index is 13.0. The van der Waals surface area contributed by atoms with Crippen LogP contribution in [0.4, 0.5) is 0 Å². The Morgan fingerprint density at radius 1 is 1.39 bits per heavy atom. The van der Waals surface area contributed by atoms with Gasteiger partial charge in [-0.1, -0.05) is 20.8 Å². The van der Waals surface area contributed by atoms with E-state index in [-0.39, 0.29) is 29.0 Å². The molecular weight excluding hydrogens is 292 g/mol. The Morgan fingerprint density at radius 2 is 2.09 bits per heavy atom. The van der Waals surface area contributed by atoms with Crippen molar-refractivity contribution in [2.24, 2.45) is 12.5 Å². The van der Waals surface area contributed by atoms with Gasteiger partial charge in [-0.3, -0.25) is 9.59 Å². The Morgan fingerprint density at radius 3 is 2.61 bits per heavy atom. The first kappa shape index (κ1) is 17.7. The van der Waals surface area contributed by atoms with Crippen LogP contribution < -0.4 is 5.56 Å². The van der Waals surface area contributed by atoms with E-state index < -0.39 is 0 Å². The molecule has 1 amide bonds. The Bertz CT molecular complexity index is 621. The number of carbonyl (C=O) groups excluding carboxylic acids is 1. The fraction of sp³-hybridized carbons (Fsp3) is 0.667. The smallest absolute Gasteiger partial charge is 0.255 e. The molecule has 1 fully saturated rings. The molecule has 1 aliphatic carbocycles. The van der Waals surface area contributed by atoms with E-state index >= 15 is 0 Å². The van der Waals surface area contributed by atoms with E-state index in [1.165, 1.54) is 10.6 Å². The maximum Gasteiger partial charge on any atom is 0.255 e. The molecule has 1 heterocycles. The fourth-order valence-electron chi connectivity index (χ4n) is 3.40. The van der Waals surface area contributed by atoms with E-state index in [1.54, 1.807) is 19.3 Å². The zero-order valence-corrected chi connectivity index (χ0v) is 14.8. The normalized spacial score (nSPS) is 22.5. The van der Waals surface area contributed by atoms with Crippen molar-refractivity contribution >= 4 is 5.91 Å². The van der Waals surface area contributed by atoms with E-state index in [4.69, 9.17) is 4.74 Å². The van der Waals surface area contributed by atoms with Crippen molar-refractivity contribution in [3.8, 4) is 0 Å². The van der Waals surface area contributed by atoms with Gasteiger partial charge in [0.15, 0.2) is 0 Å². The van der Waals surface area contributed by atoms with Crippen molar-refractivity contribution in [3.05, 3.63) is 34.2 Å². The number of pyridine rings is 1. The van der Waals surface area contributed by atoms with Crippen LogP contribution in [0.1, 0.15) is 50.9 Å². The maximum absolute atomic E-state index is 13.0. The van der Waals surface area contributed by atoms with E-state index in [0.717, 1.165) is 12.8 Å². The summed E-state index contributed by atoms with van der Waals surface area (Å²) < 4.78 is 7.24. The second-order valence-corrected chi connectivity index (χ2v) is 6.88. The predicted molar refractivity (Wildman–Crippen MR) is 90.6 cm³/mol. The van der Waals surface area contributed by atoms with E-state index in [1.807, 2.05) is 11.8 Å². The van der Waals surface area contributed by atoms with E-state index in [9.17, 15) is 9.59 Å². The van der Waals surface area contributed by atoms with Gasteiger partial charge in [0, 0.05) is 43.9 Å². The lowest BCUT2D eigenvalue weighted by molar-refractivity contribution is -0.140. The van der Waals surface area contributed by atoms with Crippen molar-refractivity contribution < 1.29 is 9.53 Å². The molecule has 1 aromatic heterocycles. The van der Waals surface area contributed by atoms with Crippen LogP contribution in [0.3, 0.4) is 0 Å². The van der Waals surface area contributed by atoms with Gasteiger partial charge in [0.05, 0.1) is 11.7 Å². The van der Waals surface area contributed by atoms with Crippen molar-refractivity contribution in [2.45, 2.75) is 52.7 Å². The van der Waals surface area contributed by atoms with Gasteiger partial charge < -0.3 is 14.2 Å². The summed E-state index contributed by atoms with van der Waals surface area (Å²) >= 11 is 0. The molecule has 5 heteroatoms. The van der Waals surface area contributed by atoms with Gasteiger partial charge in [0.25, 0.3) is 5.91 Å². The molecule has 23 heavy (non-hydrogen) atoms. The van der Waals surface area contributed by atoms with Crippen molar-refractivity contribution in [1.82, 2.24) is 9.47 Å². The molecule has 0 bridgehead atoms. The summed E-state index contributed by atoms with van der Waals surface area (Å²) in [6.45, 7) is 9.82. The average molecular weight is 320 g/mol. The second-order valence-electron chi connectivity index (χ2n) is 6.88. The molecular formula is C18H28N2O3. The topological polar surface area (TPSA) is 51.5 Å². The molecule has 0 saturated heterocycles. The predicted octanol–water partition coefficient (Wildman–Crippen LogP) is 2.44. The van der Waals surface area contributed by atoms with Gasteiger partial charge in [-0.05, 0) is 25.8 Å². The molecule has 1 aliphatic rings. The van der Waals surface area contributed by atoms with E-state index in [0.29, 0.717) is 18.7 Å². The lowest BCUT2D eigenvalue weighted by Crippen LogP contribution is -2.63. The number of aromatic nitrogens is 1. The first-order valence-electron chi connectivity index (χ1n) is 8.42. The lowest BCUT2D eigenvalue weighted by Gasteiger charge is -2.55. The van der Waals surface area contributed by atoms with Gasteiger partial charge in [-0.15, -0.1) is 0 Å². The van der Waals surface area contributed by atoms with Crippen LogP contribution in [0.5, 0.6) is 0 Å².